The van der Waals surface area contributed by atoms with Crippen LogP contribution in [0.3, 0.4) is 0 Å². The number of rotatable bonds is 5. The van der Waals surface area contributed by atoms with Gasteiger partial charge in [0.25, 0.3) is 0 Å². The fourth-order valence-corrected chi connectivity index (χ4v) is 1.73. The van der Waals surface area contributed by atoms with Gasteiger partial charge in [0.15, 0.2) is 0 Å². The number of carbonyl (C=O) groups excluding carboxylic acids is 1. The highest BCUT2D eigenvalue weighted by molar-refractivity contribution is 9.11. The van der Waals surface area contributed by atoms with Gasteiger partial charge < -0.3 is 15.4 Å². The molecular formula is C11H20BrN3O2. The third-order valence-electron chi connectivity index (χ3n) is 2.47. The van der Waals surface area contributed by atoms with E-state index in [4.69, 9.17) is 4.74 Å². The van der Waals surface area contributed by atoms with Crippen molar-refractivity contribution >= 4 is 22.0 Å². The molecule has 1 saturated heterocycles. The van der Waals surface area contributed by atoms with E-state index >= 15 is 0 Å². The molecule has 0 aromatic rings. The van der Waals surface area contributed by atoms with Gasteiger partial charge in [-0.2, -0.15) is 0 Å². The lowest BCUT2D eigenvalue weighted by Gasteiger charge is -2.19. The number of hydrogen-bond donors (Lipinski definition) is 2. The average Bonchev–Trinajstić information content (AvgIpc) is 2.55. The Labute approximate surface area is 111 Å². The molecule has 1 aliphatic heterocycles. The second-order valence-electron chi connectivity index (χ2n) is 3.93. The molecule has 2 N–H and O–H groups in total. The van der Waals surface area contributed by atoms with Crippen LogP contribution in [0.25, 0.3) is 0 Å². The van der Waals surface area contributed by atoms with Crippen molar-refractivity contribution in [3.05, 3.63) is 11.1 Å². The minimum atomic E-state index is -0.156. The van der Waals surface area contributed by atoms with Crippen molar-refractivity contribution in [1.29, 1.82) is 0 Å². The lowest BCUT2D eigenvalue weighted by atomic mass is 10.4. The van der Waals surface area contributed by atoms with E-state index in [0.717, 1.165) is 43.8 Å². The Morgan fingerprint density at radius 2 is 2.18 bits per heavy atom. The summed E-state index contributed by atoms with van der Waals surface area (Å²) in [5.41, 5.74) is 0. The molecule has 0 spiro atoms. The first-order chi connectivity index (χ1) is 8.18. The summed E-state index contributed by atoms with van der Waals surface area (Å²) >= 11 is 3.18. The van der Waals surface area contributed by atoms with Gasteiger partial charge in [-0.05, 0) is 6.42 Å². The summed E-state index contributed by atoms with van der Waals surface area (Å²) in [6.07, 6.45) is 1.07. The number of nitrogens with one attached hydrogen (secondary N) is 2. The topological polar surface area (TPSA) is 53.6 Å². The zero-order valence-corrected chi connectivity index (χ0v) is 11.6. The van der Waals surface area contributed by atoms with Crippen molar-refractivity contribution in [1.82, 2.24) is 15.5 Å². The zero-order chi connectivity index (χ0) is 12.5. The van der Waals surface area contributed by atoms with Crippen LogP contribution < -0.4 is 10.6 Å². The fraction of sp³-hybridized carbons (Fsp3) is 0.727. The average molecular weight is 306 g/mol. The smallest absolute Gasteiger partial charge is 0.315 e. The van der Waals surface area contributed by atoms with Crippen molar-refractivity contribution in [2.45, 2.75) is 6.42 Å². The molecule has 1 aliphatic rings. The van der Waals surface area contributed by atoms with Crippen molar-refractivity contribution in [3.63, 3.8) is 0 Å². The molecule has 98 valence electrons. The number of urea groups is 1. The maximum Gasteiger partial charge on any atom is 0.315 e. The molecule has 1 heterocycles. The Morgan fingerprint density at radius 3 is 2.94 bits per heavy atom. The summed E-state index contributed by atoms with van der Waals surface area (Å²) in [5, 5.41) is 5.50. The Balaban J connectivity index is 2.05. The van der Waals surface area contributed by atoms with Gasteiger partial charge in [0, 0.05) is 37.3 Å². The van der Waals surface area contributed by atoms with Crippen LogP contribution in [-0.4, -0.2) is 56.9 Å². The summed E-state index contributed by atoms with van der Waals surface area (Å²) in [6.45, 7) is 9.23. The summed E-state index contributed by atoms with van der Waals surface area (Å²) in [7, 11) is 0. The number of ether oxygens (including phenoxy) is 1. The zero-order valence-electron chi connectivity index (χ0n) is 10.0. The molecule has 0 aliphatic carbocycles. The first kappa shape index (κ1) is 14.5. The third kappa shape index (κ3) is 7.36. The number of hydrogen-bond acceptors (Lipinski definition) is 3. The molecular weight excluding hydrogens is 286 g/mol. The molecule has 17 heavy (non-hydrogen) atoms. The quantitative estimate of drug-likeness (QED) is 0.794. The van der Waals surface area contributed by atoms with Crippen LogP contribution >= 0.6 is 15.9 Å². The predicted molar refractivity (Wildman–Crippen MR) is 71.3 cm³/mol. The number of amides is 2. The molecule has 0 saturated carbocycles. The van der Waals surface area contributed by atoms with Gasteiger partial charge in [0.2, 0.25) is 0 Å². The van der Waals surface area contributed by atoms with Crippen molar-refractivity contribution in [2.75, 3.05) is 45.9 Å². The normalized spacial score (nSPS) is 17.2. The highest BCUT2D eigenvalue weighted by atomic mass is 79.9. The molecule has 6 heteroatoms. The van der Waals surface area contributed by atoms with Crippen LogP contribution in [0.4, 0.5) is 4.79 Å². The second-order valence-corrected chi connectivity index (χ2v) is 5.06. The summed E-state index contributed by atoms with van der Waals surface area (Å²) in [4.78, 5) is 13.6. The third-order valence-corrected chi connectivity index (χ3v) is 2.75. The van der Waals surface area contributed by atoms with E-state index in [2.05, 4.69) is 38.0 Å². The fourth-order valence-electron chi connectivity index (χ4n) is 1.59. The van der Waals surface area contributed by atoms with E-state index in [-0.39, 0.29) is 6.03 Å². The molecule has 0 aromatic heterocycles. The highest BCUT2D eigenvalue weighted by Gasteiger charge is 2.08. The molecule has 1 fully saturated rings. The molecule has 0 aromatic carbocycles. The number of halogens is 1. The Morgan fingerprint density at radius 1 is 1.35 bits per heavy atom. The van der Waals surface area contributed by atoms with Gasteiger partial charge in [-0.15, -0.1) is 0 Å². The number of nitrogens with zero attached hydrogens (tertiary/aromatic N) is 1. The van der Waals surface area contributed by atoms with Crippen LogP contribution in [0.5, 0.6) is 0 Å². The van der Waals surface area contributed by atoms with E-state index < -0.39 is 0 Å². The molecule has 0 bridgehead atoms. The van der Waals surface area contributed by atoms with Crippen molar-refractivity contribution in [2.24, 2.45) is 0 Å². The van der Waals surface area contributed by atoms with Crippen LogP contribution in [-0.2, 0) is 4.74 Å². The summed E-state index contributed by atoms with van der Waals surface area (Å²) < 4.78 is 6.12. The van der Waals surface area contributed by atoms with Crippen molar-refractivity contribution < 1.29 is 9.53 Å². The van der Waals surface area contributed by atoms with Gasteiger partial charge in [-0.25, -0.2) is 4.79 Å². The standard InChI is InChI=1S/C11H20BrN3O2/c1-10(12)9-14-11(16)13-3-5-15-4-2-7-17-8-6-15/h1-9H2,(H2,13,14,16). The van der Waals surface area contributed by atoms with E-state index in [1.807, 2.05) is 0 Å². The molecule has 0 unspecified atom stereocenters. The number of carbonyl (C=O) groups is 1. The largest absolute Gasteiger partial charge is 0.380 e. The van der Waals surface area contributed by atoms with Gasteiger partial charge in [0.1, 0.15) is 0 Å². The minimum Gasteiger partial charge on any atom is -0.380 e. The minimum absolute atomic E-state index is 0.156. The van der Waals surface area contributed by atoms with Gasteiger partial charge in [-0.3, -0.25) is 4.90 Å². The highest BCUT2D eigenvalue weighted by Crippen LogP contribution is 1.98. The van der Waals surface area contributed by atoms with E-state index in [1.54, 1.807) is 0 Å². The lowest BCUT2D eigenvalue weighted by molar-refractivity contribution is 0.141. The van der Waals surface area contributed by atoms with Gasteiger partial charge >= 0.3 is 6.03 Å². The Hall–Kier alpha value is -0.590. The van der Waals surface area contributed by atoms with E-state index in [9.17, 15) is 4.79 Å². The monoisotopic (exact) mass is 305 g/mol. The predicted octanol–water partition coefficient (Wildman–Crippen LogP) is 0.916. The van der Waals surface area contributed by atoms with Crippen LogP contribution in [0.15, 0.2) is 11.1 Å². The first-order valence-electron chi connectivity index (χ1n) is 5.83. The maximum atomic E-state index is 11.3. The van der Waals surface area contributed by atoms with E-state index in [0.29, 0.717) is 13.1 Å². The first-order valence-corrected chi connectivity index (χ1v) is 6.63. The maximum absolute atomic E-state index is 11.3. The Bertz CT molecular complexity index is 253. The summed E-state index contributed by atoms with van der Waals surface area (Å²) in [6, 6.07) is -0.156. The van der Waals surface area contributed by atoms with E-state index in [1.165, 1.54) is 0 Å². The molecule has 1 rings (SSSR count). The van der Waals surface area contributed by atoms with Gasteiger partial charge in [-0.1, -0.05) is 22.5 Å². The lowest BCUT2D eigenvalue weighted by Crippen LogP contribution is -2.41. The second kappa shape index (κ2) is 8.49. The molecule has 0 atom stereocenters. The SMILES string of the molecule is C=C(Br)CNC(=O)NCCN1CCCOCC1. The van der Waals surface area contributed by atoms with Crippen LogP contribution in [0, 0.1) is 0 Å². The summed E-state index contributed by atoms with van der Waals surface area (Å²) in [5.74, 6) is 0. The van der Waals surface area contributed by atoms with Crippen molar-refractivity contribution in [3.8, 4) is 0 Å². The molecule has 5 nitrogen and oxygen atoms in total. The molecule has 0 radical (unpaired) electrons. The van der Waals surface area contributed by atoms with Crippen LogP contribution in [0.2, 0.25) is 0 Å². The molecule has 2 amide bonds. The van der Waals surface area contributed by atoms with Gasteiger partial charge in [0.05, 0.1) is 13.2 Å². The van der Waals surface area contributed by atoms with Crippen LogP contribution in [0.1, 0.15) is 6.42 Å². The Kier molecular flexibility index (Phi) is 7.23.